The molecule has 0 aliphatic carbocycles. The van der Waals surface area contributed by atoms with Gasteiger partial charge in [-0.05, 0) is 0 Å². The Morgan fingerprint density at radius 1 is 0.909 bits per heavy atom. The van der Waals surface area contributed by atoms with Crippen molar-refractivity contribution in [3.8, 4) is 0 Å². The van der Waals surface area contributed by atoms with Crippen molar-refractivity contribution < 1.29 is 78.9 Å². The van der Waals surface area contributed by atoms with E-state index in [1.54, 1.807) is 0 Å². The molecule has 0 heterocycles. The molecule has 11 heavy (non-hydrogen) atoms. The van der Waals surface area contributed by atoms with Crippen LogP contribution in [0.4, 0.5) is 0 Å². The summed E-state index contributed by atoms with van der Waals surface area (Å²) in [5.41, 5.74) is 0. The van der Waals surface area contributed by atoms with Gasteiger partial charge in [0, 0.05) is 13.8 Å². The van der Waals surface area contributed by atoms with Crippen LogP contribution >= 0.6 is 0 Å². The zero-order valence-corrected chi connectivity index (χ0v) is 13.6. The van der Waals surface area contributed by atoms with Crippen LogP contribution in [0.5, 0.6) is 0 Å². The first-order valence-corrected chi connectivity index (χ1v) is 1.86. The molecule has 7 heteroatoms. The Balaban J connectivity index is -0.0000000171. The van der Waals surface area contributed by atoms with E-state index in [0.717, 1.165) is 13.8 Å². The van der Waals surface area contributed by atoms with Gasteiger partial charge in [0.25, 0.3) is 11.9 Å². The van der Waals surface area contributed by atoms with Crippen LogP contribution in [0, 0.1) is 0 Å². The number of aliphatic carboxylic acids is 2. The van der Waals surface area contributed by atoms with Gasteiger partial charge in [-0.1, -0.05) is 0 Å². The maximum absolute atomic E-state index is 9.00. The SMILES string of the molecule is CC(=O)O.CC(=O)O.[Ca+2].[Na+].[Na+]. The summed E-state index contributed by atoms with van der Waals surface area (Å²) in [6.07, 6.45) is 0. The summed E-state index contributed by atoms with van der Waals surface area (Å²) in [6.45, 7) is 2.17. The number of hydrogen-bond donors (Lipinski definition) is 2. The van der Waals surface area contributed by atoms with Crippen molar-refractivity contribution in [1.29, 1.82) is 0 Å². The van der Waals surface area contributed by atoms with Crippen molar-refractivity contribution in [2.45, 2.75) is 13.8 Å². The van der Waals surface area contributed by atoms with E-state index in [4.69, 9.17) is 19.8 Å². The smallest absolute Gasteiger partial charge is 0.481 e. The van der Waals surface area contributed by atoms with Crippen LogP contribution < -0.4 is 59.1 Å². The predicted molar refractivity (Wildman–Crippen MR) is 32.4 cm³/mol. The van der Waals surface area contributed by atoms with Gasteiger partial charge in [-0.3, -0.25) is 9.59 Å². The van der Waals surface area contributed by atoms with Crippen molar-refractivity contribution in [3.05, 3.63) is 0 Å². The summed E-state index contributed by atoms with van der Waals surface area (Å²) >= 11 is 0. The van der Waals surface area contributed by atoms with E-state index < -0.39 is 11.9 Å². The van der Waals surface area contributed by atoms with Crippen LogP contribution in [-0.2, 0) is 9.59 Å². The molecule has 0 aromatic rings. The van der Waals surface area contributed by atoms with Crippen molar-refractivity contribution in [2.24, 2.45) is 0 Å². The summed E-state index contributed by atoms with van der Waals surface area (Å²) in [7, 11) is 0. The number of hydrogen-bond acceptors (Lipinski definition) is 2. The molecule has 0 aromatic heterocycles. The molecular formula is C4H8CaNa2O4+4. The van der Waals surface area contributed by atoms with E-state index in [-0.39, 0.29) is 96.9 Å². The Morgan fingerprint density at radius 3 is 0.909 bits per heavy atom. The number of carboxylic acids is 2. The molecule has 4 nitrogen and oxygen atoms in total. The molecule has 0 amide bonds. The van der Waals surface area contributed by atoms with Crippen molar-refractivity contribution in [3.63, 3.8) is 0 Å². The van der Waals surface area contributed by atoms with Crippen molar-refractivity contribution in [2.75, 3.05) is 0 Å². The average molecular weight is 206 g/mol. The van der Waals surface area contributed by atoms with Crippen LogP contribution in [0.1, 0.15) is 13.8 Å². The molecular weight excluding hydrogens is 198 g/mol. The molecule has 2 N–H and O–H groups in total. The first kappa shape index (κ1) is 29.2. The first-order valence-electron chi connectivity index (χ1n) is 1.86. The Labute approximate surface area is 140 Å². The Hall–Kier alpha value is 2.20. The Kier molecular flexibility index (Phi) is 60.5. The molecule has 0 radical (unpaired) electrons. The van der Waals surface area contributed by atoms with Gasteiger partial charge in [-0.15, -0.1) is 0 Å². The minimum atomic E-state index is -0.833. The van der Waals surface area contributed by atoms with E-state index in [1.165, 1.54) is 0 Å². The molecule has 0 fully saturated rings. The number of rotatable bonds is 0. The molecule has 0 aliphatic rings. The second kappa shape index (κ2) is 22.8. The maximum atomic E-state index is 9.00. The molecule has 0 saturated heterocycles. The fraction of sp³-hybridized carbons (Fsp3) is 0.500. The van der Waals surface area contributed by atoms with Crippen LogP contribution in [0.2, 0.25) is 0 Å². The van der Waals surface area contributed by atoms with Gasteiger partial charge in [-0.25, -0.2) is 0 Å². The van der Waals surface area contributed by atoms with Gasteiger partial charge >= 0.3 is 96.9 Å². The quantitative estimate of drug-likeness (QED) is 0.387. The molecule has 0 aromatic carbocycles. The topological polar surface area (TPSA) is 74.6 Å². The Morgan fingerprint density at radius 2 is 0.909 bits per heavy atom. The summed E-state index contributed by atoms with van der Waals surface area (Å²) in [6, 6.07) is 0. The van der Waals surface area contributed by atoms with Gasteiger partial charge < -0.3 is 10.2 Å². The second-order valence-corrected chi connectivity index (χ2v) is 1.04. The Bertz CT molecular complexity index is 78.1. The minimum Gasteiger partial charge on any atom is -0.481 e. The summed E-state index contributed by atoms with van der Waals surface area (Å²) in [5, 5.41) is 14.8. The maximum Gasteiger partial charge on any atom is 2.00 e. The van der Waals surface area contributed by atoms with Gasteiger partial charge in [0.2, 0.25) is 0 Å². The molecule has 0 spiro atoms. The molecule has 0 unspecified atom stereocenters. The first-order chi connectivity index (χ1) is 3.46. The molecule has 0 rings (SSSR count). The van der Waals surface area contributed by atoms with E-state index in [1.807, 2.05) is 0 Å². The summed E-state index contributed by atoms with van der Waals surface area (Å²) < 4.78 is 0. The van der Waals surface area contributed by atoms with Crippen LogP contribution in [0.25, 0.3) is 0 Å². The molecule has 0 bridgehead atoms. The standard InChI is InChI=1S/2C2H4O2.Ca.2Na/c2*1-2(3)4;;;/h2*1H3,(H,3,4);;;/q;;+2;2*+1. The van der Waals surface area contributed by atoms with Crippen LogP contribution in [0.3, 0.4) is 0 Å². The third kappa shape index (κ3) is 262. The summed E-state index contributed by atoms with van der Waals surface area (Å²) in [4.78, 5) is 18.0. The molecule has 0 atom stereocenters. The van der Waals surface area contributed by atoms with E-state index in [2.05, 4.69) is 0 Å². The largest absolute Gasteiger partial charge is 2.00 e. The van der Waals surface area contributed by atoms with E-state index in [0.29, 0.717) is 0 Å². The average Bonchev–Trinajstić information content (AvgIpc) is 1.25. The normalized spacial score (nSPS) is 4.55. The van der Waals surface area contributed by atoms with Crippen LogP contribution in [0.15, 0.2) is 0 Å². The molecule has 0 saturated carbocycles. The number of carbonyl (C=O) groups is 2. The van der Waals surface area contributed by atoms with Crippen molar-refractivity contribution >= 4 is 49.7 Å². The van der Waals surface area contributed by atoms with E-state index >= 15 is 0 Å². The van der Waals surface area contributed by atoms with Gasteiger partial charge in [-0.2, -0.15) is 0 Å². The minimum absolute atomic E-state index is 0. The third-order valence-corrected chi connectivity index (χ3v) is 0. The van der Waals surface area contributed by atoms with Crippen LogP contribution in [-0.4, -0.2) is 59.9 Å². The number of carboxylic acid groups (broad SMARTS) is 2. The van der Waals surface area contributed by atoms with E-state index in [9.17, 15) is 0 Å². The zero-order valence-electron chi connectivity index (χ0n) is 7.42. The monoisotopic (exact) mass is 206 g/mol. The fourth-order valence-electron chi connectivity index (χ4n) is 0. The zero-order chi connectivity index (χ0) is 7.15. The fourth-order valence-corrected chi connectivity index (χ4v) is 0. The second-order valence-electron chi connectivity index (χ2n) is 1.04. The molecule has 48 valence electrons. The third-order valence-electron chi connectivity index (χ3n) is 0. The van der Waals surface area contributed by atoms with Gasteiger partial charge in [0.15, 0.2) is 0 Å². The summed E-state index contributed by atoms with van der Waals surface area (Å²) in [5.74, 6) is -1.67. The van der Waals surface area contributed by atoms with Gasteiger partial charge in [0.1, 0.15) is 0 Å². The predicted octanol–water partition coefficient (Wildman–Crippen LogP) is -6.19. The molecule has 0 aliphatic heterocycles. The van der Waals surface area contributed by atoms with Gasteiger partial charge in [0.05, 0.1) is 0 Å². The van der Waals surface area contributed by atoms with Crippen molar-refractivity contribution in [1.82, 2.24) is 0 Å².